The Balaban J connectivity index is 2.59. The van der Waals surface area contributed by atoms with Gasteiger partial charge in [-0.1, -0.05) is 11.6 Å². The zero-order valence-electron chi connectivity index (χ0n) is 7.83. The summed E-state index contributed by atoms with van der Waals surface area (Å²) in [4.78, 5) is -0.413. The third-order valence-corrected chi connectivity index (χ3v) is 3.28. The van der Waals surface area contributed by atoms with Crippen LogP contribution in [0.4, 0.5) is 3.89 Å². The van der Waals surface area contributed by atoms with Gasteiger partial charge in [0.2, 0.25) is 0 Å². The van der Waals surface area contributed by atoms with Gasteiger partial charge in [0.15, 0.2) is 0 Å². The summed E-state index contributed by atoms with van der Waals surface area (Å²) in [5.74, 6) is 0.455. The third kappa shape index (κ3) is 1.94. The largest absolute Gasteiger partial charge is 0.489 e. The molecule has 1 aromatic carbocycles. The maximum atomic E-state index is 12.7. The summed E-state index contributed by atoms with van der Waals surface area (Å²) >= 11 is 5.79. The fourth-order valence-corrected chi connectivity index (χ4v) is 2.49. The third-order valence-electron chi connectivity index (χ3n) is 2.20. The first kappa shape index (κ1) is 10.7. The van der Waals surface area contributed by atoms with Crippen LogP contribution in [0.25, 0.3) is 0 Å². The lowest BCUT2D eigenvalue weighted by atomic mass is 10.1. The lowest BCUT2D eigenvalue weighted by Crippen LogP contribution is -2.05. The number of hydrogen-bond donors (Lipinski definition) is 0. The fourth-order valence-electron chi connectivity index (χ4n) is 1.60. The van der Waals surface area contributed by atoms with Gasteiger partial charge < -0.3 is 4.74 Å². The van der Waals surface area contributed by atoms with E-state index in [0.717, 1.165) is 6.07 Å². The average molecular weight is 251 g/mol. The smallest absolute Gasteiger partial charge is 0.332 e. The minimum atomic E-state index is -4.70. The number of ether oxygens (including phenoxy) is 1. The zero-order chi connectivity index (χ0) is 11.2. The van der Waals surface area contributed by atoms with Gasteiger partial charge in [-0.05, 0) is 19.1 Å². The molecule has 1 heterocycles. The summed E-state index contributed by atoms with van der Waals surface area (Å²) in [5.41, 5.74) is 0.631. The first-order valence-electron chi connectivity index (χ1n) is 4.31. The van der Waals surface area contributed by atoms with Gasteiger partial charge in [-0.15, -0.1) is 3.89 Å². The van der Waals surface area contributed by atoms with Gasteiger partial charge in [0.1, 0.15) is 16.7 Å². The molecular formula is C9H8ClFO3S. The highest BCUT2D eigenvalue weighted by Gasteiger charge is 2.25. The molecule has 0 spiro atoms. The second kappa shape index (κ2) is 3.35. The Bertz CT molecular complexity index is 512. The Hall–Kier alpha value is -0.810. The van der Waals surface area contributed by atoms with E-state index in [0.29, 0.717) is 17.7 Å². The molecule has 82 valence electrons. The van der Waals surface area contributed by atoms with Crippen LogP contribution in [-0.2, 0) is 16.6 Å². The van der Waals surface area contributed by atoms with Gasteiger partial charge in [0.25, 0.3) is 0 Å². The van der Waals surface area contributed by atoms with Crippen molar-refractivity contribution in [3.8, 4) is 5.75 Å². The van der Waals surface area contributed by atoms with E-state index in [1.807, 2.05) is 6.92 Å². The fraction of sp³-hybridized carbons (Fsp3) is 0.333. The summed E-state index contributed by atoms with van der Waals surface area (Å²) in [6.45, 7) is 1.83. The van der Waals surface area contributed by atoms with Crippen LogP contribution in [0.3, 0.4) is 0 Å². The van der Waals surface area contributed by atoms with Crippen molar-refractivity contribution in [3.63, 3.8) is 0 Å². The number of rotatable bonds is 1. The molecule has 1 atom stereocenters. The highest BCUT2D eigenvalue weighted by atomic mass is 35.5. The highest BCUT2D eigenvalue weighted by molar-refractivity contribution is 7.86. The van der Waals surface area contributed by atoms with Crippen LogP contribution in [0.15, 0.2) is 17.0 Å². The monoisotopic (exact) mass is 250 g/mol. The molecule has 0 bridgehead atoms. The Labute approximate surface area is 92.0 Å². The minimum absolute atomic E-state index is 0.0601. The van der Waals surface area contributed by atoms with Gasteiger partial charge in [0, 0.05) is 12.0 Å². The molecule has 1 aliphatic rings. The molecule has 0 saturated heterocycles. The average Bonchev–Trinajstić information content (AvgIpc) is 2.44. The highest BCUT2D eigenvalue weighted by Crippen LogP contribution is 2.38. The maximum Gasteiger partial charge on any atom is 0.332 e. The molecule has 0 amide bonds. The minimum Gasteiger partial charge on any atom is -0.489 e. The summed E-state index contributed by atoms with van der Waals surface area (Å²) in [6, 6.07) is 2.33. The van der Waals surface area contributed by atoms with Crippen molar-refractivity contribution in [3.05, 3.63) is 22.7 Å². The molecule has 0 aliphatic carbocycles. The molecule has 0 fully saturated rings. The molecule has 2 rings (SSSR count). The first-order chi connectivity index (χ1) is 6.88. The van der Waals surface area contributed by atoms with Crippen molar-refractivity contribution in [1.82, 2.24) is 0 Å². The van der Waals surface area contributed by atoms with Crippen molar-refractivity contribution in [2.75, 3.05) is 0 Å². The molecule has 0 saturated carbocycles. The molecule has 6 heteroatoms. The predicted octanol–water partition coefficient (Wildman–Crippen LogP) is 2.32. The van der Waals surface area contributed by atoms with Crippen molar-refractivity contribution in [2.45, 2.75) is 24.3 Å². The number of benzene rings is 1. The van der Waals surface area contributed by atoms with E-state index in [2.05, 4.69) is 0 Å². The molecule has 0 aromatic heterocycles. The van der Waals surface area contributed by atoms with Crippen LogP contribution < -0.4 is 4.74 Å². The standard InChI is InChI=1S/C9H8ClFO3S/c1-5-2-6-3-7(15(11,12)13)4-8(10)9(6)14-5/h3-5H,2H2,1H3. The van der Waals surface area contributed by atoms with Gasteiger partial charge in [-0.3, -0.25) is 0 Å². The van der Waals surface area contributed by atoms with E-state index in [9.17, 15) is 12.3 Å². The van der Waals surface area contributed by atoms with Crippen molar-refractivity contribution in [2.24, 2.45) is 0 Å². The summed E-state index contributed by atoms with van der Waals surface area (Å²) in [5, 5.41) is 0.132. The molecule has 0 radical (unpaired) electrons. The van der Waals surface area contributed by atoms with E-state index < -0.39 is 15.1 Å². The lowest BCUT2D eigenvalue weighted by molar-refractivity contribution is 0.255. The normalized spacial score (nSPS) is 19.8. The summed E-state index contributed by atoms with van der Waals surface area (Å²) in [6.07, 6.45) is 0.480. The van der Waals surface area contributed by atoms with Crippen LogP contribution in [0.2, 0.25) is 5.02 Å². The molecule has 0 N–H and O–H groups in total. The Morgan fingerprint density at radius 1 is 1.53 bits per heavy atom. The van der Waals surface area contributed by atoms with Crippen LogP contribution in [0, 0.1) is 0 Å². The molecular weight excluding hydrogens is 243 g/mol. The van der Waals surface area contributed by atoms with Crippen LogP contribution in [0.5, 0.6) is 5.75 Å². The quantitative estimate of drug-likeness (QED) is 0.719. The Kier molecular flexibility index (Phi) is 2.39. The first-order valence-corrected chi connectivity index (χ1v) is 6.08. The van der Waals surface area contributed by atoms with E-state index in [4.69, 9.17) is 16.3 Å². The maximum absolute atomic E-state index is 12.7. The van der Waals surface area contributed by atoms with Crippen LogP contribution >= 0.6 is 11.6 Å². The van der Waals surface area contributed by atoms with Crippen molar-refractivity contribution >= 4 is 21.8 Å². The Morgan fingerprint density at radius 3 is 2.80 bits per heavy atom. The van der Waals surface area contributed by atoms with Crippen LogP contribution in [0.1, 0.15) is 12.5 Å². The summed E-state index contributed by atoms with van der Waals surface area (Å²) in [7, 11) is -4.70. The second-order valence-electron chi connectivity index (χ2n) is 3.46. The predicted molar refractivity (Wildman–Crippen MR) is 53.5 cm³/mol. The number of fused-ring (bicyclic) bond motifs is 1. The van der Waals surface area contributed by atoms with Gasteiger partial charge in [-0.25, -0.2) is 0 Å². The van der Waals surface area contributed by atoms with Crippen molar-refractivity contribution < 1.29 is 17.0 Å². The molecule has 3 nitrogen and oxygen atoms in total. The molecule has 1 aromatic rings. The lowest BCUT2D eigenvalue weighted by Gasteiger charge is -2.04. The number of hydrogen-bond acceptors (Lipinski definition) is 3. The van der Waals surface area contributed by atoms with E-state index in [1.165, 1.54) is 6.07 Å². The van der Waals surface area contributed by atoms with Gasteiger partial charge in [-0.2, -0.15) is 8.42 Å². The topological polar surface area (TPSA) is 43.4 Å². The SMILES string of the molecule is CC1Cc2cc(S(=O)(=O)F)cc(Cl)c2O1. The van der Waals surface area contributed by atoms with Crippen LogP contribution in [-0.4, -0.2) is 14.5 Å². The zero-order valence-corrected chi connectivity index (χ0v) is 9.40. The van der Waals surface area contributed by atoms with Crippen molar-refractivity contribution in [1.29, 1.82) is 0 Å². The van der Waals surface area contributed by atoms with E-state index in [-0.39, 0.29) is 11.1 Å². The van der Waals surface area contributed by atoms with E-state index in [1.54, 1.807) is 0 Å². The number of halogens is 2. The Morgan fingerprint density at radius 2 is 2.20 bits per heavy atom. The van der Waals surface area contributed by atoms with Gasteiger partial charge in [0.05, 0.1) is 5.02 Å². The van der Waals surface area contributed by atoms with Gasteiger partial charge >= 0.3 is 10.2 Å². The molecule has 15 heavy (non-hydrogen) atoms. The molecule has 1 aliphatic heterocycles. The second-order valence-corrected chi connectivity index (χ2v) is 5.22. The van der Waals surface area contributed by atoms with E-state index >= 15 is 0 Å². The molecule has 1 unspecified atom stereocenters. The summed E-state index contributed by atoms with van der Waals surface area (Å²) < 4.78 is 39.5.